The van der Waals surface area contributed by atoms with Crippen molar-refractivity contribution in [2.24, 2.45) is 0 Å². The van der Waals surface area contributed by atoms with Gasteiger partial charge >= 0.3 is 5.97 Å². The molecule has 1 heterocycles. The summed E-state index contributed by atoms with van der Waals surface area (Å²) in [6.45, 7) is 1.61. The van der Waals surface area contributed by atoms with Crippen LogP contribution in [0, 0.1) is 0 Å². The highest BCUT2D eigenvalue weighted by Crippen LogP contribution is 2.22. The molecule has 0 saturated heterocycles. The number of nitrogens with one attached hydrogen (secondary N) is 1. The Hall–Kier alpha value is -2.10. The highest BCUT2D eigenvalue weighted by Gasteiger charge is 2.11. The first-order chi connectivity index (χ1) is 7.68. The van der Waals surface area contributed by atoms with Gasteiger partial charge in [-0.2, -0.15) is 0 Å². The third-order valence-corrected chi connectivity index (χ3v) is 2.43. The molecule has 0 aliphatic carbocycles. The van der Waals surface area contributed by atoms with Crippen LogP contribution in [0.15, 0.2) is 36.7 Å². The number of aliphatic carboxylic acids is 1. The van der Waals surface area contributed by atoms with Gasteiger partial charge in [0.05, 0.1) is 0 Å². The molecule has 1 aromatic carbocycles. The van der Waals surface area contributed by atoms with Crippen molar-refractivity contribution in [3.63, 3.8) is 0 Å². The zero-order chi connectivity index (χ0) is 11.5. The van der Waals surface area contributed by atoms with Gasteiger partial charge in [-0.15, -0.1) is 0 Å². The average Bonchev–Trinajstić information content (AvgIpc) is 2.29. The molecule has 82 valence electrons. The molecule has 0 saturated carbocycles. The maximum atomic E-state index is 10.8. The van der Waals surface area contributed by atoms with Gasteiger partial charge in [0.25, 0.3) is 0 Å². The van der Waals surface area contributed by atoms with Crippen molar-refractivity contribution in [3.05, 3.63) is 36.7 Å². The van der Waals surface area contributed by atoms with E-state index < -0.39 is 12.0 Å². The number of fused-ring (bicyclic) bond motifs is 1. The highest BCUT2D eigenvalue weighted by atomic mass is 16.4. The lowest BCUT2D eigenvalue weighted by atomic mass is 10.1. The fraction of sp³-hybridized carbons (Fsp3) is 0.167. The summed E-state index contributed by atoms with van der Waals surface area (Å²) in [5.41, 5.74) is 0.792. The number of carboxylic acids is 1. The Kier molecular flexibility index (Phi) is 2.72. The number of nitrogens with zero attached hydrogens (tertiary/aromatic N) is 1. The fourth-order valence-corrected chi connectivity index (χ4v) is 1.53. The molecule has 4 nitrogen and oxygen atoms in total. The van der Waals surface area contributed by atoms with E-state index >= 15 is 0 Å². The van der Waals surface area contributed by atoms with Crippen LogP contribution in [0.5, 0.6) is 0 Å². The van der Waals surface area contributed by atoms with Gasteiger partial charge in [0.15, 0.2) is 0 Å². The van der Waals surface area contributed by atoms with E-state index in [1.54, 1.807) is 19.3 Å². The predicted molar refractivity (Wildman–Crippen MR) is 62.5 cm³/mol. The summed E-state index contributed by atoms with van der Waals surface area (Å²) in [4.78, 5) is 14.8. The van der Waals surface area contributed by atoms with Gasteiger partial charge in [0.2, 0.25) is 0 Å². The Bertz CT molecular complexity index is 520. The minimum Gasteiger partial charge on any atom is -0.480 e. The van der Waals surface area contributed by atoms with Crippen LogP contribution in [0.25, 0.3) is 10.8 Å². The Morgan fingerprint density at radius 3 is 3.00 bits per heavy atom. The fourth-order valence-electron chi connectivity index (χ4n) is 1.53. The second kappa shape index (κ2) is 4.18. The average molecular weight is 216 g/mol. The number of rotatable bonds is 3. The monoisotopic (exact) mass is 216 g/mol. The molecular weight excluding hydrogens is 204 g/mol. The van der Waals surface area contributed by atoms with Gasteiger partial charge in [0.1, 0.15) is 6.04 Å². The Labute approximate surface area is 92.9 Å². The first-order valence-electron chi connectivity index (χ1n) is 5.00. The first kappa shape index (κ1) is 10.4. The summed E-state index contributed by atoms with van der Waals surface area (Å²) in [7, 11) is 0. The van der Waals surface area contributed by atoms with Gasteiger partial charge < -0.3 is 10.4 Å². The van der Waals surface area contributed by atoms with Crippen LogP contribution in [0.1, 0.15) is 6.92 Å². The Morgan fingerprint density at radius 2 is 2.25 bits per heavy atom. The number of pyridine rings is 1. The second-order valence-corrected chi connectivity index (χ2v) is 3.61. The van der Waals surface area contributed by atoms with Crippen LogP contribution in [0.2, 0.25) is 0 Å². The van der Waals surface area contributed by atoms with E-state index in [4.69, 9.17) is 5.11 Å². The molecule has 0 radical (unpaired) electrons. The van der Waals surface area contributed by atoms with Crippen LogP contribution in [-0.2, 0) is 4.79 Å². The summed E-state index contributed by atoms with van der Waals surface area (Å²) >= 11 is 0. The van der Waals surface area contributed by atoms with E-state index in [9.17, 15) is 4.79 Å². The topological polar surface area (TPSA) is 62.2 Å². The molecule has 0 spiro atoms. The van der Waals surface area contributed by atoms with Crippen molar-refractivity contribution >= 4 is 22.4 Å². The minimum atomic E-state index is -0.874. The van der Waals surface area contributed by atoms with Crippen molar-refractivity contribution in [1.82, 2.24) is 4.98 Å². The Morgan fingerprint density at radius 1 is 1.44 bits per heavy atom. The van der Waals surface area contributed by atoms with Crippen LogP contribution in [0.4, 0.5) is 5.69 Å². The third-order valence-electron chi connectivity index (χ3n) is 2.43. The van der Waals surface area contributed by atoms with E-state index in [1.165, 1.54) is 0 Å². The minimum absolute atomic E-state index is 0.620. The number of hydrogen-bond acceptors (Lipinski definition) is 3. The molecule has 16 heavy (non-hydrogen) atoms. The summed E-state index contributed by atoms with van der Waals surface area (Å²) in [5.74, 6) is -0.874. The molecule has 1 atom stereocenters. The molecular formula is C12H12N2O2. The van der Waals surface area contributed by atoms with Gasteiger partial charge in [-0.05, 0) is 24.4 Å². The second-order valence-electron chi connectivity index (χ2n) is 3.61. The lowest BCUT2D eigenvalue weighted by molar-refractivity contribution is -0.137. The van der Waals surface area contributed by atoms with E-state index in [-0.39, 0.29) is 0 Å². The maximum Gasteiger partial charge on any atom is 0.325 e. The van der Waals surface area contributed by atoms with Crippen molar-refractivity contribution < 1.29 is 9.90 Å². The van der Waals surface area contributed by atoms with E-state index in [0.717, 1.165) is 16.5 Å². The molecule has 0 fully saturated rings. The summed E-state index contributed by atoms with van der Waals surface area (Å²) in [6.07, 6.45) is 3.44. The van der Waals surface area contributed by atoms with Crippen molar-refractivity contribution in [3.8, 4) is 0 Å². The number of aromatic nitrogens is 1. The molecule has 0 unspecified atom stereocenters. The summed E-state index contributed by atoms with van der Waals surface area (Å²) < 4.78 is 0. The van der Waals surface area contributed by atoms with Gasteiger partial charge in [-0.25, -0.2) is 0 Å². The van der Waals surface area contributed by atoms with Crippen molar-refractivity contribution in [1.29, 1.82) is 0 Å². The third kappa shape index (κ3) is 1.95. The zero-order valence-corrected chi connectivity index (χ0v) is 8.84. The molecule has 0 aliphatic rings. The molecule has 0 amide bonds. The normalized spacial score (nSPS) is 12.3. The van der Waals surface area contributed by atoms with Gasteiger partial charge in [-0.3, -0.25) is 9.78 Å². The number of benzene rings is 1. The molecule has 0 aliphatic heterocycles. The lowest BCUT2D eigenvalue weighted by Gasteiger charge is -2.12. The number of carboxylic acid groups (broad SMARTS) is 1. The molecule has 1 aromatic heterocycles. The molecule has 0 bridgehead atoms. The summed E-state index contributed by atoms with van der Waals surface area (Å²) in [5, 5.41) is 13.8. The van der Waals surface area contributed by atoms with E-state index in [1.807, 2.05) is 24.3 Å². The molecule has 2 rings (SSSR count). The molecule has 2 aromatic rings. The van der Waals surface area contributed by atoms with Crippen molar-refractivity contribution in [2.75, 3.05) is 5.32 Å². The number of carbonyl (C=O) groups is 1. The van der Waals surface area contributed by atoms with Crippen LogP contribution in [0.3, 0.4) is 0 Å². The number of anilines is 1. The first-order valence-corrected chi connectivity index (χ1v) is 5.00. The van der Waals surface area contributed by atoms with Crippen LogP contribution in [-0.4, -0.2) is 22.1 Å². The van der Waals surface area contributed by atoms with Crippen LogP contribution >= 0.6 is 0 Å². The highest BCUT2D eigenvalue weighted by molar-refractivity contribution is 5.94. The lowest BCUT2D eigenvalue weighted by Crippen LogP contribution is -2.25. The van der Waals surface area contributed by atoms with Crippen LogP contribution < -0.4 is 5.32 Å². The van der Waals surface area contributed by atoms with Crippen molar-refractivity contribution in [2.45, 2.75) is 13.0 Å². The largest absolute Gasteiger partial charge is 0.480 e. The van der Waals surface area contributed by atoms with E-state index in [2.05, 4.69) is 10.3 Å². The zero-order valence-electron chi connectivity index (χ0n) is 8.84. The SMILES string of the molecule is C[C@H](Nc1cccc2ccncc12)C(=O)O. The smallest absolute Gasteiger partial charge is 0.325 e. The quantitative estimate of drug-likeness (QED) is 0.824. The standard InChI is InChI=1S/C12H12N2O2/c1-8(12(15)16)14-11-4-2-3-9-5-6-13-7-10(9)11/h2-8,14H,1H3,(H,15,16)/t8-/m0/s1. The number of hydrogen-bond donors (Lipinski definition) is 2. The summed E-state index contributed by atoms with van der Waals surface area (Å²) in [6, 6.07) is 6.98. The predicted octanol–water partition coefficient (Wildman–Crippen LogP) is 2.12. The maximum absolute atomic E-state index is 10.8. The Balaban J connectivity index is 2.41. The van der Waals surface area contributed by atoms with E-state index in [0.29, 0.717) is 0 Å². The molecule has 4 heteroatoms. The van der Waals surface area contributed by atoms with Gasteiger partial charge in [0, 0.05) is 23.5 Å². The molecule has 2 N–H and O–H groups in total. The van der Waals surface area contributed by atoms with Gasteiger partial charge in [-0.1, -0.05) is 12.1 Å².